The van der Waals surface area contributed by atoms with Crippen LogP contribution in [0.15, 0.2) is 24.3 Å². The molecule has 0 aromatic heterocycles. The second-order valence-corrected chi connectivity index (χ2v) is 5.19. The summed E-state index contributed by atoms with van der Waals surface area (Å²) in [6.45, 7) is 0.821. The minimum atomic E-state index is -0.542. The van der Waals surface area contributed by atoms with E-state index in [2.05, 4.69) is 10.1 Å². The molecular weight excluding hydrogens is 292 g/mol. The zero-order valence-corrected chi connectivity index (χ0v) is 12.6. The number of methoxy groups -OCH3 is 1. The summed E-state index contributed by atoms with van der Waals surface area (Å²) in [5.74, 6) is -0.276. The van der Waals surface area contributed by atoms with Crippen LogP contribution in [0, 0.1) is 0 Å². The standard InChI is InChI=1S/C14H18N2O4S/c1-20-12(17)8-13(18)21-9-10-2-4-11(5-3-10)14(19)16-7-6-15/h2-5H,6-9,15H2,1H3,(H,16,19). The number of thioether (sulfide) groups is 1. The van der Waals surface area contributed by atoms with Gasteiger partial charge in [0.05, 0.1) is 7.11 Å². The first-order valence-corrected chi connectivity index (χ1v) is 7.35. The number of nitrogens with two attached hydrogens (primary N) is 1. The molecule has 0 aliphatic rings. The molecule has 0 fully saturated rings. The fourth-order valence-electron chi connectivity index (χ4n) is 1.44. The molecule has 0 aliphatic heterocycles. The van der Waals surface area contributed by atoms with E-state index in [9.17, 15) is 14.4 Å². The average molecular weight is 310 g/mol. The van der Waals surface area contributed by atoms with Crippen molar-refractivity contribution >= 4 is 28.8 Å². The molecule has 1 aromatic rings. The Labute approximate surface area is 127 Å². The van der Waals surface area contributed by atoms with Crippen molar-refractivity contribution in [1.82, 2.24) is 5.32 Å². The fraction of sp³-hybridized carbons (Fsp3) is 0.357. The van der Waals surface area contributed by atoms with Gasteiger partial charge in [0.15, 0.2) is 5.12 Å². The van der Waals surface area contributed by atoms with E-state index >= 15 is 0 Å². The van der Waals surface area contributed by atoms with Crippen LogP contribution < -0.4 is 11.1 Å². The molecule has 1 amide bonds. The molecule has 0 unspecified atom stereocenters. The number of carbonyl (C=O) groups is 3. The number of benzene rings is 1. The van der Waals surface area contributed by atoms with Crippen LogP contribution in [0.4, 0.5) is 0 Å². The first-order chi connectivity index (χ1) is 10.1. The smallest absolute Gasteiger partial charge is 0.313 e. The second kappa shape index (κ2) is 9.15. The Morgan fingerprint density at radius 1 is 1.24 bits per heavy atom. The molecule has 0 bridgehead atoms. The van der Waals surface area contributed by atoms with Crippen LogP contribution in [0.3, 0.4) is 0 Å². The molecule has 0 atom stereocenters. The van der Waals surface area contributed by atoms with E-state index in [1.807, 2.05) is 0 Å². The molecule has 1 aromatic carbocycles. The fourth-order valence-corrected chi connectivity index (χ4v) is 2.19. The number of rotatable bonds is 7. The molecule has 1 rings (SSSR count). The molecule has 0 saturated carbocycles. The highest BCUT2D eigenvalue weighted by Crippen LogP contribution is 2.15. The van der Waals surface area contributed by atoms with E-state index in [0.29, 0.717) is 24.4 Å². The lowest BCUT2D eigenvalue weighted by Crippen LogP contribution is -2.28. The Morgan fingerprint density at radius 2 is 1.90 bits per heavy atom. The number of amides is 1. The van der Waals surface area contributed by atoms with Gasteiger partial charge in [0.25, 0.3) is 5.91 Å². The van der Waals surface area contributed by atoms with Crippen LogP contribution in [0.1, 0.15) is 22.3 Å². The number of hydrogen-bond acceptors (Lipinski definition) is 6. The summed E-state index contributed by atoms with van der Waals surface area (Å²) < 4.78 is 4.42. The monoisotopic (exact) mass is 310 g/mol. The number of carbonyl (C=O) groups excluding carboxylic acids is 3. The van der Waals surface area contributed by atoms with Crippen LogP contribution >= 0.6 is 11.8 Å². The molecule has 21 heavy (non-hydrogen) atoms. The Balaban J connectivity index is 2.46. The van der Waals surface area contributed by atoms with Crippen molar-refractivity contribution in [3.63, 3.8) is 0 Å². The van der Waals surface area contributed by atoms with Gasteiger partial charge in [0.2, 0.25) is 0 Å². The van der Waals surface area contributed by atoms with Crippen molar-refractivity contribution in [3.8, 4) is 0 Å². The van der Waals surface area contributed by atoms with Gasteiger partial charge in [0.1, 0.15) is 6.42 Å². The van der Waals surface area contributed by atoms with E-state index < -0.39 is 5.97 Å². The Morgan fingerprint density at radius 3 is 2.48 bits per heavy atom. The van der Waals surface area contributed by atoms with Gasteiger partial charge >= 0.3 is 5.97 Å². The molecule has 0 heterocycles. The topological polar surface area (TPSA) is 98.5 Å². The molecule has 0 aliphatic carbocycles. The Hall–Kier alpha value is -1.86. The third-order valence-electron chi connectivity index (χ3n) is 2.56. The van der Waals surface area contributed by atoms with Crippen LogP contribution in [0.2, 0.25) is 0 Å². The maximum absolute atomic E-state index is 11.7. The maximum Gasteiger partial charge on any atom is 0.313 e. The van der Waals surface area contributed by atoms with E-state index in [0.717, 1.165) is 17.3 Å². The third kappa shape index (κ3) is 6.42. The number of esters is 1. The lowest BCUT2D eigenvalue weighted by Gasteiger charge is -2.05. The molecule has 0 spiro atoms. The van der Waals surface area contributed by atoms with E-state index in [4.69, 9.17) is 5.73 Å². The number of nitrogens with one attached hydrogen (secondary N) is 1. The van der Waals surface area contributed by atoms with Gasteiger partial charge in [-0.25, -0.2) is 0 Å². The van der Waals surface area contributed by atoms with Crippen molar-refractivity contribution < 1.29 is 19.1 Å². The minimum Gasteiger partial charge on any atom is -0.469 e. The summed E-state index contributed by atoms with van der Waals surface area (Å²) in [5, 5.41) is 2.43. The highest BCUT2D eigenvalue weighted by atomic mass is 32.2. The zero-order valence-electron chi connectivity index (χ0n) is 11.8. The van der Waals surface area contributed by atoms with E-state index in [-0.39, 0.29) is 17.4 Å². The molecule has 6 nitrogen and oxygen atoms in total. The van der Waals surface area contributed by atoms with E-state index in [1.54, 1.807) is 24.3 Å². The third-order valence-corrected chi connectivity index (χ3v) is 3.51. The minimum absolute atomic E-state index is 0.179. The van der Waals surface area contributed by atoms with Crippen LogP contribution in [-0.4, -0.2) is 37.2 Å². The molecule has 0 radical (unpaired) electrons. The van der Waals surface area contributed by atoms with Crippen LogP contribution in [-0.2, 0) is 20.1 Å². The van der Waals surface area contributed by atoms with Gasteiger partial charge in [-0.3, -0.25) is 14.4 Å². The van der Waals surface area contributed by atoms with Crippen molar-refractivity contribution in [1.29, 1.82) is 0 Å². The van der Waals surface area contributed by atoms with Gasteiger partial charge in [0, 0.05) is 24.4 Å². The first kappa shape index (κ1) is 17.2. The lowest BCUT2D eigenvalue weighted by molar-refractivity contribution is -0.142. The largest absolute Gasteiger partial charge is 0.469 e. The predicted molar refractivity (Wildman–Crippen MR) is 80.8 cm³/mol. The Kier molecular flexibility index (Phi) is 7.49. The zero-order chi connectivity index (χ0) is 15.7. The lowest BCUT2D eigenvalue weighted by atomic mass is 10.1. The van der Waals surface area contributed by atoms with Gasteiger partial charge in [-0.1, -0.05) is 23.9 Å². The highest BCUT2D eigenvalue weighted by molar-refractivity contribution is 8.13. The number of hydrogen-bond donors (Lipinski definition) is 2. The van der Waals surface area contributed by atoms with Gasteiger partial charge in [-0.15, -0.1) is 0 Å². The summed E-state index contributed by atoms with van der Waals surface area (Å²) in [5.41, 5.74) is 6.75. The SMILES string of the molecule is COC(=O)CC(=O)SCc1ccc(C(=O)NCCN)cc1. The van der Waals surface area contributed by atoms with Crippen LogP contribution in [0.5, 0.6) is 0 Å². The van der Waals surface area contributed by atoms with Crippen molar-refractivity contribution in [2.75, 3.05) is 20.2 Å². The highest BCUT2D eigenvalue weighted by Gasteiger charge is 2.10. The summed E-state index contributed by atoms with van der Waals surface area (Å²) in [4.78, 5) is 34.1. The van der Waals surface area contributed by atoms with Crippen molar-refractivity contribution in [2.24, 2.45) is 5.73 Å². The molecule has 3 N–H and O–H groups in total. The maximum atomic E-state index is 11.7. The van der Waals surface area contributed by atoms with Crippen molar-refractivity contribution in [3.05, 3.63) is 35.4 Å². The second-order valence-electron chi connectivity index (χ2n) is 4.16. The predicted octanol–water partition coefficient (Wildman–Crippen LogP) is 0.698. The van der Waals surface area contributed by atoms with Crippen LogP contribution in [0.25, 0.3) is 0 Å². The van der Waals surface area contributed by atoms with Crippen molar-refractivity contribution in [2.45, 2.75) is 12.2 Å². The van der Waals surface area contributed by atoms with Gasteiger partial charge in [-0.05, 0) is 17.7 Å². The van der Waals surface area contributed by atoms with Gasteiger partial charge in [-0.2, -0.15) is 0 Å². The molecule has 114 valence electrons. The summed E-state index contributed by atoms with van der Waals surface area (Å²) in [6, 6.07) is 6.92. The normalized spacial score (nSPS) is 10.0. The summed E-state index contributed by atoms with van der Waals surface area (Å²) in [7, 11) is 1.24. The molecule has 7 heteroatoms. The first-order valence-electron chi connectivity index (χ1n) is 6.36. The van der Waals surface area contributed by atoms with Gasteiger partial charge < -0.3 is 15.8 Å². The number of ether oxygens (including phenoxy) is 1. The van der Waals surface area contributed by atoms with E-state index in [1.165, 1.54) is 7.11 Å². The Bertz CT molecular complexity index is 502. The average Bonchev–Trinajstić information content (AvgIpc) is 2.50. The quantitative estimate of drug-likeness (QED) is 0.568. The molecular formula is C14H18N2O4S. The molecule has 0 saturated heterocycles. The summed E-state index contributed by atoms with van der Waals surface area (Å²) in [6.07, 6.45) is -0.235. The summed E-state index contributed by atoms with van der Waals surface area (Å²) >= 11 is 1.04.